The lowest BCUT2D eigenvalue weighted by Gasteiger charge is -2.12. The molecule has 1 aromatic heterocycles. The maximum absolute atomic E-state index is 12.8. The first kappa shape index (κ1) is 23.2. The van der Waals surface area contributed by atoms with Gasteiger partial charge in [0.05, 0.1) is 20.0 Å². The third-order valence-corrected chi connectivity index (χ3v) is 5.76. The molecule has 3 aromatic carbocycles. The van der Waals surface area contributed by atoms with E-state index >= 15 is 0 Å². The number of carbonyl (C=O) groups excluding carboxylic acids is 1. The SMILES string of the molecule is CCOc1cc2occ(-c3ccc(C)cc3C)c2cc1/C(C)=C/C(=O)Nc1cccc(OC)c1. The minimum absolute atomic E-state index is 0.227. The molecule has 0 saturated heterocycles. The number of methoxy groups -OCH3 is 1. The zero-order chi connectivity index (χ0) is 24.2. The van der Waals surface area contributed by atoms with Crippen LogP contribution in [0.3, 0.4) is 0 Å². The normalized spacial score (nSPS) is 11.5. The highest BCUT2D eigenvalue weighted by Gasteiger charge is 2.16. The van der Waals surface area contributed by atoms with E-state index in [9.17, 15) is 4.79 Å². The lowest BCUT2D eigenvalue weighted by Crippen LogP contribution is -2.08. The third-order valence-electron chi connectivity index (χ3n) is 5.76. The fourth-order valence-corrected chi connectivity index (χ4v) is 4.12. The number of fused-ring (bicyclic) bond motifs is 1. The zero-order valence-electron chi connectivity index (χ0n) is 20.2. The summed E-state index contributed by atoms with van der Waals surface area (Å²) >= 11 is 0. The molecule has 4 aromatic rings. The summed E-state index contributed by atoms with van der Waals surface area (Å²) in [6.07, 6.45) is 3.37. The number of rotatable bonds is 7. The second kappa shape index (κ2) is 9.87. The van der Waals surface area contributed by atoms with E-state index in [4.69, 9.17) is 13.9 Å². The average molecular weight is 456 g/mol. The van der Waals surface area contributed by atoms with Crippen LogP contribution < -0.4 is 14.8 Å². The van der Waals surface area contributed by atoms with Crippen molar-refractivity contribution in [1.82, 2.24) is 0 Å². The zero-order valence-corrected chi connectivity index (χ0v) is 20.2. The molecule has 0 unspecified atom stereocenters. The van der Waals surface area contributed by atoms with Gasteiger partial charge in [0.1, 0.15) is 17.1 Å². The van der Waals surface area contributed by atoms with Crippen LogP contribution in [0, 0.1) is 13.8 Å². The van der Waals surface area contributed by atoms with Crippen LogP contribution in [0.2, 0.25) is 0 Å². The fraction of sp³-hybridized carbons (Fsp3) is 0.207. The standard InChI is InChI=1S/C29H29NO4/c1-6-33-27-16-28-25(26(17-34-28)23-11-10-18(2)12-19(23)3)15-24(27)20(4)13-29(31)30-21-8-7-9-22(14-21)32-5/h7-17H,6H2,1-5H3,(H,30,31)/b20-13+. The van der Waals surface area contributed by atoms with Gasteiger partial charge in [0.2, 0.25) is 5.91 Å². The summed E-state index contributed by atoms with van der Waals surface area (Å²) in [7, 11) is 1.60. The Balaban J connectivity index is 1.73. The van der Waals surface area contributed by atoms with Gasteiger partial charge in [-0.25, -0.2) is 0 Å². The number of amides is 1. The molecular formula is C29H29NO4. The summed E-state index contributed by atoms with van der Waals surface area (Å²) in [5.74, 6) is 1.14. The van der Waals surface area contributed by atoms with Crippen LogP contribution in [0.15, 0.2) is 71.4 Å². The Kier molecular flexibility index (Phi) is 6.73. The summed E-state index contributed by atoms with van der Waals surface area (Å²) in [6, 6.07) is 17.6. The quantitative estimate of drug-likeness (QED) is 0.300. The van der Waals surface area contributed by atoms with Crippen LogP contribution in [0.4, 0.5) is 5.69 Å². The van der Waals surface area contributed by atoms with E-state index < -0.39 is 0 Å². The van der Waals surface area contributed by atoms with Crippen molar-refractivity contribution in [2.75, 3.05) is 19.0 Å². The molecule has 1 amide bonds. The molecule has 0 radical (unpaired) electrons. The average Bonchev–Trinajstić information content (AvgIpc) is 3.21. The number of hydrogen-bond acceptors (Lipinski definition) is 4. The van der Waals surface area contributed by atoms with Crippen LogP contribution in [0.1, 0.15) is 30.5 Å². The Labute approximate surface area is 200 Å². The topological polar surface area (TPSA) is 60.7 Å². The van der Waals surface area contributed by atoms with E-state index in [1.807, 2.05) is 44.2 Å². The molecule has 0 atom stereocenters. The van der Waals surface area contributed by atoms with Gasteiger partial charge in [-0.1, -0.05) is 29.8 Å². The van der Waals surface area contributed by atoms with Crippen LogP contribution in [0.5, 0.6) is 11.5 Å². The van der Waals surface area contributed by atoms with Gasteiger partial charge in [0, 0.05) is 40.4 Å². The number of benzene rings is 3. The van der Waals surface area contributed by atoms with Gasteiger partial charge in [-0.3, -0.25) is 4.79 Å². The molecule has 0 aliphatic rings. The highest BCUT2D eigenvalue weighted by atomic mass is 16.5. The smallest absolute Gasteiger partial charge is 0.248 e. The van der Waals surface area contributed by atoms with Crippen molar-refractivity contribution in [3.05, 3.63) is 83.6 Å². The van der Waals surface area contributed by atoms with Crippen LogP contribution in [-0.2, 0) is 4.79 Å². The summed E-state index contributed by atoms with van der Waals surface area (Å²) in [5, 5.41) is 3.87. The molecule has 0 bridgehead atoms. The molecule has 1 heterocycles. The van der Waals surface area contributed by atoms with Crippen LogP contribution in [-0.4, -0.2) is 19.6 Å². The molecule has 4 rings (SSSR count). The lowest BCUT2D eigenvalue weighted by atomic mass is 9.96. The molecule has 0 fully saturated rings. The predicted octanol–water partition coefficient (Wildman–Crippen LogP) is 7.17. The Morgan fingerprint density at radius 2 is 1.88 bits per heavy atom. The lowest BCUT2D eigenvalue weighted by molar-refractivity contribution is -0.111. The third kappa shape index (κ3) is 4.84. The van der Waals surface area contributed by atoms with E-state index in [-0.39, 0.29) is 5.91 Å². The van der Waals surface area contributed by atoms with Gasteiger partial charge in [0.25, 0.3) is 0 Å². The summed E-state index contributed by atoms with van der Waals surface area (Å²) in [6.45, 7) is 8.54. The van der Waals surface area contributed by atoms with Gasteiger partial charge in [0.15, 0.2) is 0 Å². The first-order chi connectivity index (χ1) is 16.4. The van der Waals surface area contributed by atoms with Crippen molar-refractivity contribution in [3.63, 3.8) is 0 Å². The molecule has 0 spiro atoms. The van der Waals surface area contributed by atoms with Crippen molar-refractivity contribution in [2.45, 2.75) is 27.7 Å². The van der Waals surface area contributed by atoms with Crippen LogP contribution >= 0.6 is 0 Å². The highest BCUT2D eigenvalue weighted by molar-refractivity contribution is 6.05. The Hall–Kier alpha value is -3.99. The van der Waals surface area contributed by atoms with E-state index in [1.54, 1.807) is 25.5 Å². The molecule has 5 heteroatoms. The summed E-state index contributed by atoms with van der Waals surface area (Å²) < 4.78 is 17.0. The number of carbonyl (C=O) groups is 1. The number of hydrogen-bond donors (Lipinski definition) is 1. The molecule has 34 heavy (non-hydrogen) atoms. The Bertz CT molecular complexity index is 1380. The summed E-state index contributed by atoms with van der Waals surface area (Å²) in [4.78, 5) is 12.8. The predicted molar refractivity (Wildman–Crippen MR) is 138 cm³/mol. The molecule has 5 nitrogen and oxygen atoms in total. The first-order valence-corrected chi connectivity index (χ1v) is 11.3. The maximum Gasteiger partial charge on any atom is 0.248 e. The molecule has 174 valence electrons. The minimum Gasteiger partial charge on any atom is -0.497 e. The largest absolute Gasteiger partial charge is 0.497 e. The maximum atomic E-state index is 12.8. The second-order valence-corrected chi connectivity index (χ2v) is 8.29. The Morgan fingerprint density at radius 3 is 2.62 bits per heavy atom. The molecular weight excluding hydrogens is 426 g/mol. The van der Waals surface area contributed by atoms with E-state index in [0.29, 0.717) is 23.8 Å². The van der Waals surface area contributed by atoms with E-state index in [0.717, 1.165) is 33.2 Å². The number of allylic oxidation sites excluding steroid dienone is 1. The number of nitrogens with one attached hydrogen (secondary N) is 1. The fourth-order valence-electron chi connectivity index (χ4n) is 4.12. The van der Waals surface area contributed by atoms with E-state index in [2.05, 4.69) is 37.4 Å². The van der Waals surface area contributed by atoms with Crippen molar-refractivity contribution in [2.24, 2.45) is 0 Å². The van der Waals surface area contributed by atoms with Crippen molar-refractivity contribution in [3.8, 4) is 22.6 Å². The monoisotopic (exact) mass is 455 g/mol. The first-order valence-electron chi connectivity index (χ1n) is 11.3. The van der Waals surface area contributed by atoms with Gasteiger partial charge >= 0.3 is 0 Å². The Morgan fingerprint density at radius 1 is 1.06 bits per heavy atom. The number of furan rings is 1. The molecule has 0 aliphatic heterocycles. The molecule has 0 saturated carbocycles. The highest BCUT2D eigenvalue weighted by Crippen LogP contribution is 2.38. The van der Waals surface area contributed by atoms with Crippen LogP contribution in [0.25, 0.3) is 27.7 Å². The second-order valence-electron chi connectivity index (χ2n) is 8.29. The summed E-state index contributed by atoms with van der Waals surface area (Å²) in [5.41, 5.74) is 7.59. The number of aryl methyl sites for hydroxylation is 2. The van der Waals surface area contributed by atoms with Gasteiger partial charge in [-0.05, 0) is 62.6 Å². The molecule has 1 N–H and O–H groups in total. The van der Waals surface area contributed by atoms with Gasteiger partial charge in [-0.2, -0.15) is 0 Å². The molecule has 0 aliphatic carbocycles. The number of ether oxygens (including phenoxy) is 2. The van der Waals surface area contributed by atoms with Gasteiger partial charge in [-0.15, -0.1) is 0 Å². The number of anilines is 1. The van der Waals surface area contributed by atoms with Crippen molar-refractivity contribution >= 4 is 28.1 Å². The minimum atomic E-state index is -0.227. The van der Waals surface area contributed by atoms with Gasteiger partial charge < -0.3 is 19.2 Å². The van der Waals surface area contributed by atoms with Crippen molar-refractivity contribution < 1.29 is 18.7 Å². The van der Waals surface area contributed by atoms with Crippen molar-refractivity contribution in [1.29, 1.82) is 0 Å². The van der Waals surface area contributed by atoms with E-state index in [1.165, 1.54) is 11.1 Å².